The first-order valence-corrected chi connectivity index (χ1v) is 7.01. The van der Waals surface area contributed by atoms with Gasteiger partial charge in [0.05, 0.1) is 6.61 Å². The van der Waals surface area contributed by atoms with E-state index in [2.05, 4.69) is 31.1 Å². The summed E-state index contributed by atoms with van der Waals surface area (Å²) in [6.07, 6.45) is 3.19. The third kappa shape index (κ3) is 2.81. The number of rotatable bonds is 4. The first-order valence-electron chi connectivity index (χ1n) is 7.01. The molecule has 2 rings (SSSR count). The Labute approximate surface area is 115 Å². The number of hydrogen-bond donors (Lipinski definition) is 0. The SMILES string of the molecule is CCOc1ccc(C2(N(C)C)CCC(=O)CC2)cc1. The number of carbonyl (C=O) groups excluding carboxylic acids is 1. The van der Waals surface area contributed by atoms with Crippen molar-refractivity contribution in [2.24, 2.45) is 0 Å². The van der Waals surface area contributed by atoms with Crippen LogP contribution in [0.4, 0.5) is 0 Å². The molecule has 1 aliphatic rings. The van der Waals surface area contributed by atoms with E-state index in [1.165, 1.54) is 5.56 Å². The maximum Gasteiger partial charge on any atom is 0.133 e. The van der Waals surface area contributed by atoms with Gasteiger partial charge < -0.3 is 4.74 Å². The van der Waals surface area contributed by atoms with E-state index in [1.807, 2.05) is 19.1 Å². The van der Waals surface area contributed by atoms with E-state index in [9.17, 15) is 4.79 Å². The topological polar surface area (TPSA) is 29.5 Å². The highest BCUT2D eigenvalue weighted by Gasteiger charge is 2.38. The minimum absolute atomic E-state index is 0.00133. The first kappa shape index (κ1) is 14.1. The van der Waals surface area contributed by atoms with E-state index >= 15 is 0 Å². The number of ketones is 1. The molecule has 0 aliphatic heterocycles. The van der Waals surface area contributed by atoms with Gasteiger partial charge in [0.1, 0.15) is 11.5 Å². The van der Waals surface area contributed by atoms with Crippen LogP contribution in [0.3, 0.4) is 0 Å². The maximum atomic E-state index is 11.5. The summed E-state index contributed by atoms with van der Waals surface area (Å²) in [6, 6.07) is 8.34. The predicted molar refractivity (Wildman–Crippen MR) is 76.5 cm³/mol. The van der Waals surface area contributed by atoms with Crippen molar-refractivity contribution in [1.82, 2.24) is 4.90 Å². The van der Waals surface area contributed by atoms with Gasteiger partial charge in [-0.1, -0.05) is 12.1 Å². The van der Waals surface area contributed by atoms with Crippen molar-refractivity contribution in [3.63, 3.8) is 0 Å². The van der Waals surface area contributed by atoms with Crippen molar-refractivity contribution in [2.45, 2.75) is 38.1 Å². The number of hydrogen-bond acceptors (Lipinski definition) is 3. The zero-order chi connectivity index (χ0) is 13.9. The van der Waals surface area contributed by atoms with Crippen LogP contribution < -0.4 is 4.74 Å². The van der Waals surface area contributed by atoms with Crippen molar-refractivity contribution in [1.29, 1.82) is 0 Å². The summed E-state index contributed by atoms with van der Waals surface area (Å²) in [5.41, 5.74) is 1.28. The van der Waals surface area contributed by atoms with Gasteiger partial charge >= 0.3 is 0 Å². The summed E-state index contributed by atoms with van der Waals surface area (Å²) in [7, 11) is 4.21. The highest BCUT2D eigenvalue weighted by molar-refractivity contribution is 5.79. The van der Waals surface area contributed by atoms with Gasteiger partial charge in [-0.3, -0.25) is 9.69 Å². The molecule has 0 aromatic heterocycles. The van der Waals surface area contributed by atoms with E-state index in [-0.39, 0.29) is 5.54 Å². The van der Waals surface area contributed by atoms with E-state index in [0.29, 0.717) is 25.2 Å². The van der Waals surface area contributed by atoms with Crippen LogP contribution >= 0.6 is 0 Å². The molecule has 0 amide bonds. The molecular weight excluding hydrogens is 238 g/mol. The lowest BCUT2D eigenvalue weighted by atomic mass is 9.75. The summed E-state index contributed by atoms with van der Waals surface area (Å²) >= 11 is 0. The Morgan fingerprint density at radius 3 is 2.21 bits per heavy atom. The van der Waals surface area contributed by atoms with Crippen LogP contribution in [0, 0.1) is 0 Å². The lowest BCUT2D eigenvalue weighted by Crippen LogP contribution is -2.44. The maximum absolute atomic E-state index is 11.5. The average Bonchev–Trinajstić information content (AvgIpc) is 2.41. The van der Waals surface area contributed by atoms with Crippen molar-refractivity contribution in [2.75, 3.05) is 20.7 Å². The smallest absolute Gasteiger partial charge is 0.133 e. The summed E-state index contributed by atoms with van der Waals surface area (Å²) < 4.78 is 5.49. The second kappa shape index (κ2) is 5.74. The van der Waals surface area contributed by atoms with Crippen LogP contribution in [-0.2, 0) is 10.3 Å². The molecule has 0 spiro atoms. The molecule has 19 heavy (non-hydrogen) atoms. The predicted octanol–water partition coefficient (Wildman–Crippen LogP) is 2.99. The molecule has 0 unspecified atom stereocenters. The van der Waals surface area contributed by atoms with Gasteiger partial charge in [0.2, 0.25) is 0 Å². The highest BCUT2D eigenvalue weighted by Crippen LogP contribution is 2.40. The van der Waals surface area contributed by atoms with Crippen molar-refractivity contribution < 1.29 is 9.53 Å². The van der Waals surface area contributed by atoms with Gasteiger partial charge in [-0.15, -0.1) is 0 Å². The summed E-state index contributed by atoms with van der Waals surface area (Å²) in [6.45, 7) is 2.68. The first-order chi connectivity index (χ1) is 9.08. The van der Waals surface area contributed by atoms with Crippen molar-refractivity contribution in [3.8, 4) is 5.75 Å². The highest BCUT2D eigenvalue weighted by atomic mass is 16.5. The number of carbonyl (C=O) groups is 1. The average molecular weight is 261 g/mol. The molecule has 1 aliphatic carbocycles. The Balaban J connectivity index is 2.26. The molecule has 3 heteroatoms. The molecule has 1 aromatic carbocycles. The third-order valence-corrected chi connectivity index (χ3v) is 4.19. The molecule has 0 heterocycles. The molecule has 0 bridgehead atoms. The van der Waals surface area contributed by atoms with E-state index in [0.717, 1.165) is 18.6 Å². The second-order valence-electron chi connectivity index (χ2n) is 5.42. The molecule has 104 valence electrons. The zero-order valence-corrected chi connectivity index (χ0v) is 12.1. The molecule has 0 N–H and O–H groups in total. The van der Waals surface area contributed by atoms with E-state index < -0.39 is 0 Å². The van der Waals surface area contributed by atoms with Gasteiger partial charge in [-0.25, -0.2) is 0 Å². The Kier molecular flexibility index (Phi) is 4.25. The Bertz CT molecular complexity index is 427. The molecule has 0 saturated heterocycles. The van der Waals surface area contributed by atoms with Crippen molar-refractivity contribution >= 4 is 5.78 Å². The lowest BCUT2D eigenvalue weighted by molar-refractivity contribution is -0.122. The zero-order valence-electron chi connectivity index (χ0n) is 12.1. The lowest BCUT2D eigenvalue weighted by Gasteiger charge is -2.43. The van der Waals surface area contributed by atoms with Crippen LogP contribution in [0.5, 0.6) is 5.75 Å². The molecule has 0 radical (unpaired) electrons. The fraction of sp³-hybridized carbons (Fsp3) is 0.562. The van der Waals surface area contributed by atoms with Crippen LogP contribution in [0.1, 0.15) is 38.2 Å². The van der Waals surface area contributed by atoms with E-state index in [1.54, 1.807) is 0 Å². The van der Waals surface area contributed by atoms with Crippen LogP contribution in [0.25, 0.3) is 0 Å². The van der Waals surface area contributed by atoms with Crippen molar-refractivity contribution in [3.05, 3.63) is 29.8 Å². The van der Waals surface area contributed by atoms with E-state index in [4.69, 9.17) is 4.74 Å². The molecular formula is C16H23NO2. The molecule has 1 fully saturated rings. The Morgan fingerprint density at radius 2 is 1.74 bits per heavy atom. The van der Waals surface area contributed by atoms with Gasteiger partial charge in [0.25, 0.3) is 0 Å². The van der Waals surface area contributed by atoms with Crippen LogP contribution in [0.15, 0.2) is 24.3 Å². The molecule has 1 saturated carbocycles. The third-order valence-electron chi connectivity index (χ3n) is 4.19. The fourth-order valence-corrected chi connectivity index (χ4v) is 2.96. The largest absolute Gasteiger partial charge is 0.494 e. The van der Waals surface area contributed by atoms with Gasteiger partial charge in [0.15, 0.2) is 0 Å². The Morgan fingerprint density at radius 1 is 1.16 bits per heavy atom. The molecule has 0 atom stereocenters. The normalized spacial score (nSPS) is 18.6. The fourth-order valence-electron chi connectivity index (χ4n) is 2.96. The summed E-state index contributed by atoms with van der Waals surface area (Å²) in [5, 5.41) is 0. The number of Topliss-reactive ketones (excluding diaryl/α,β-unsaturated/α-hetero) is 1. The van der Waals surface area contributed by atoms with Crippen LogP contribution in [0.2, 0.25) is 0 Å². The quantitative estimate of drug-likeness (QED) is 0.834. The van der Waals surface area contributed by atoms with Crippen LogP contribution in [-0.4, -0.2) is 31.4 Å². The van der Waals surface area contributed by atoms with Gasteiger partial charge in [-0.05, 0) is 51.6 Å². The minimum Gasteiger partial charge on any atom is -0.494 e. The summed E-state index contributed by atoms with van der Waals surface area (Å²) in [5.74, 6) is 1.30. The number of nitrogens with zero attached hydrogens (tertiary/aromatic N) is 1. The number of benzene rings is 1. The summed E-state index contributed by atoms with van der Waals surface area (Å²) in [4.78, 5) is 13.8. The molecule has 1 aromatic rings. The van der Waals surface area contributed by atoms with Gasteiger partial charge in [-0.2, -0.15) is 0 Å². The monoisotopic (exact) mass is 261 g/mol. The molecule has 3 nitrogen and oxygen atoms in total. The number of ether oxygens (including phenoxy) is 1. The minimum atomic E-state index is -0.00133. The standard InChI is InChI=1S/C16H23NO2/c1-4-19-15-7-5-13(6-8-15)16(17(2)3)11-9-14(18)10-12-16/h5-8H,4,9-12H2,1-3H3. The van der Waals surface area contributed by atoms with Gasteiger partial charge in [0, 0.05) is 18.4 Å². The Hall–Kier alpha value is -1.35. The second-order valence-corrected chi connectivity index (χ2v) is 5.42.